The first-order valence-electron chi connectivity index (χ1n) is 7.62. The molecule has 0 unspecified atom stereocenters. The van der Waals surface area contributed by atoms with Crippen molar-refractivity contribution in [3.63, 3.8) is 0 Å². The number of carbonyl (C=O) groups is 1. The Bertz CT molecular complexity index is 442. The minimum absolute atomic E-state index is 0.142. The molecule has 0 N–H and O–H groups in total. The van der Waals surface area contributed by atoms with Gasteiger partial charge in [-0.1, -0.05) is 23.8 Å². The van der Waals surface area contributed by atoms with Gasteiger partial charge in [0, 0.05) is 6.42 Å². The summed E-state index contributed by atoms with van der Waals surface area (Å²) in [6, 6.07) is 7.93. The molecule has 0 radical (unpaired) electrons. The second-order valence-electron chi connectivity index (χ2n) is 5.22. The highest BCUT2D eigenvalue weighted by Crippen LogP contribution is 2.14. The highest BCUT2D eigenvalue weighted by Gasteiger charge is 2.02. The molecule has 3 nitrogen and oxygen atoms in total. The number of allylic oxidation sites excluding steroid dienone is 2. The molecular weight excluding hydrogens is 264 g/mol. The second-order valence-corrected chi connectivity index (χ2v) is 5.22. The molecule has 0 bridgehead atoms. The van der Waals surface area contributed by atoms with E-state index in [9.17, 15) is 4.79 Å². The third kappa shape index (κ3) is 8.18. The van der Waals surface area contributed by atoms with Crippen LogP contribution in [-0.2, 0) is 16.0 Å². The van der Waals surface area contributed by atoms with Crippen LogP contribution in [0.5, 0.6) is 5.75 Å². The molecule has 0 aliphatic carbocycles. The van der Waals surface area contributed by atoms with Crippen molar-refractivity contribution in [1.82, 2.24) is 0 Å². The number of unbranched alkanes of at least 4 members (excludes halogenated alkanes) is 1. The molecule has 0 aromatic heterocycles. The monoisotopic (exact) mass is 290 g/mol. The predicted octanol–water partition coefficient (Wildman–Crippen LogP) is 4.31. The maximum absolute atomic E-state index is 11.3. The quantitative estimate of drug-likeness (QED) is 0.386. The molecule has 0 amide bonds. The second kappa shape index (κ2) is 10.0. The van der Waals surface area contributed by atoms with Gasteiger partial charge in [-0.3, -0.25) is 4.79 Å². The van der Waals surface area contributed by atoms with E-state index in [2.05, 4.69) is 19.9 Å². The van der Waals surface area contributed by atoms with E-state index in [-0.39, 0.29) is 5.97 Å². The zero-order valence-electron chi connectivity index (χ0n) is 13.4. The van der Waals surface area contributed by atoms with Crippen molar-refractivity contribution < 1.29 is 14.3 Å². The van der Waals surface area contributed by atoms with Gasteiger partial charge in [-0.25, -0.2) is 0 Å². The van der Waals surface area contributed by atoms with Gasteiger partial charge in [0.15, 0.2) is 0 Å². The molecule has 0 spiro atoms. The lowest BCUT2D eigenvalue weighted by Gasteiger charge is -2.07. The first-order valence-corrected chi connectivity index (χ1v) is 7.62. The molecule has 0 fully saturated rings. The van der Waals surface area contributed by atoms with Crippen molar-refractivity contribution in [2.45, 2.75) is 46.5 Å². The van der Waals surface area contributed by atoms with Gasteiger partial charge in [0.25, 0.3) is 0 Å². The van der Waals surface area contributed by atoms with E-state index in [1.54, 1.807) is 0 Å². The van der Waals surface area contributed by atoms with Crippen LogP contribution in [0.3, 0.4) is 0 Å². The van der Waals surface area contributed by atoms with Crippen LogP contribution in [0.25, 0.3) is 0 Å². The Kier molecular flexibility index (Phi) is 8.25. The predicted molar refractivity (Wildman–Crippen MR) is 85.6 cm³/mol. The molecule has 116 valence electrons. The smallest absolute Gasteiger partial charge is 0.306 e. The zero-order chi connectivity index (χ0) is 15.5. The van der Waals surface area contributed by atoms with Crippen LogP contribution in [0.1, 0.15) is 45.6 Å². The molecule has 1 rings (SSSR count). The van der Waals surface area contributed by atoms with Crippen LogP contribution in [0.2, 0.25) is 0 Å². The molecule has 0 heterocycles. The fourth-order valence-electron chi connectivity index (χ4n) is 1.90. The molecule has 1 aromatic carbocycles. The van der Waals surface area contributed by atoms with Gasteiger partial charge in [-0.05, 0) is 57.7 Å². The normalized spacial score (nSPS) is 10.0. The minimum Gasteiger partial charge on any atom is -0.494 e. The van der Waals surface area contributed by atoms with Gasteiger partial charge in [-0.15, -0.1) is 0 Å². The standard InChI is InChI=1S/C18H26O3/c1-4-20-18(19)13-10-16-8-11-17(12-9-16)21-14-6-5-7-15(2)3/h7-9,11-12H,4-6,10,13-14H2,1-3H3. The number of carbonyl (C=O) groups excluding carboxylic acids is 1. The number of esters is 1. The Balaban J connectivity index is 2.27. The molecule has 0 saturated carbocycles. The minimum atomic E-state index is -0.142. The summed E-state index contributed by atoms with van der Waals surface area (Å²) in [6.45, 7) is 7.21. The molecule has 0 aliphatic rings. The van der Waals surface area contributed by atoms with Gasteiger partial charge < -0.3 is 9.47 Å². The largest absolute Gasteiger partial charge is 0.494 e. The molecule has 1 aromatic rings. The van der Waals surface area contributed by atoms with Gasteiger partial charge in [0.1, 0.15) is 5.75 Å². The van der Waals surface area contributed by atoms with E-state index in [1.165, 1.54) is 5.57 Å². The number of hydrogen-bond acceptors (Lipinski definition) is 3. The number of benzene rings is 1. The Morgan fingerprint density at radius 3 is 2.52 bits per heavy atom. The summed E-state index contributed by atoms with van der Waals surface area (Å²) in [6.07, 6.45) is 5.44. The van der Waals surface area contributed by atoms with Crippen molar-refractivity contribution in [3.05, 3.63) is 41.5 Å². The molecule has 0 saturated heterocycles. The molecular formula is C18H26O3. The summed E-state index contributed by atoms with van der Waals surface area (Å²) < 4.78 is 10.6. The lowest BCUT2D eigenvalue weighted by molar-refractivity contribution is -0.143. The fraction of sp³-hybridized carbons (Fsp3) is 0.500. The third-order valence-corrected chi connectivity index (χ3v) is 3.02. The van der Waals surface area contributed by atoms with Crippen molar-refractivity contribution in [1.29, 1.82) is 0 Å². The molecule has 0 atom stereocenters. The molecule has 0 aliphatic heterocycles. The van der Waals surface area contributed by atoms with Crippen LogP contribution in [0, 0.1) is 0 Å². The average Bonchev–Trinajstić information content (AvgIpc) is 2.46. The van der Waals surface area contributed by atoms with Crippen molar-refractivity contribution in [3.8, 4) is 5.75 Å². The number of ether oxygens (including phenoxy) is 2. The highest BCUT2D eigenvalue weighted by atomic mass is 16.5. The summed E-state index contributed by atoms with van der Waals surface area (Å²) in [7, 11) is 0. The summed E-state index contributed by atoms with van der Waals surface area (Å²) >= 11 is 0. The maximum atomic E-state index is 11.3. The van der Waals surface area contributed by atoms with E-state index in [4.69, 9.17) is 9.47 Å². The Morgan fingerprint density at radius 1 is 1.19 bits per heavy atom. The lowest BCUT2D eigenvalue weighted by Crippen LogP contribution is -2.05. The Labute approximate surface area is 128 Å². The maximum Gasteiger partial charge on any atom is 0.306 e. The lowest BCUT2D eigenvalue weighted by atomic mass is 10.1. The third-order valence-electron chi connectivity index (χ3n) is 3.02. The first kappa shape index (κ1) is 17.3. The van der Waals surface area contributed by atoms with E-state index in [1.807, 2.05) is 31.2 Å². The van der Waals surface area contributed by atoms with Gasteiger partial charge in [0.2, 0.25) is 0 Å². The number of aryl methyl sites for hydroxylation is 1. The molecule has 21 heavy (non-hydrogen) atoms. The SMILES string of the molecule is CCOC(=O)CCc1ccc(OCCCC=C(C)C)cc1. The van der Waals surface area contributed by atoms with Crippen molar-refractivity contribution in [2.75, 3.05) is 13.2 Å². The van der Waals surface area contributed by atoms with Crippen LogP contribution in [0.15, 0.2) is 35.9 Å². The summed E-state index contributed by atoms with van der Waals surface area (Å²) in [5.41, 5.74) is 2.47. The Hall–Kier alpha value is -1.77. The zero-order valence-corrected chi connectivity index (χ0v) is 13.4. The molecule has 3 heteroatoms. The van der Waals surface area contributed by atoms with E-state index >= 15 is 0 Å². The van der Waals surface area contributed by atoms with Crippen LogP contribution in [0.4, 0.5) is 0 Å². The first-order chi connectivity index (χ1) is 10.1. The van der Waals surface area contributed by atoms with E-state index in [0.29, 0.717) is 19.4 Å². The summed E-state index contributed by atoms with van der Waals surface area (Å²) in [5, 5.41) is 0. The summed E-state index contributed by atoms with van der Waals surface area (Å²) in [4.78, 5) is 11.3. The highest BCUT2D eigenvalue weighted by molar-refractivity contribution is 5.69. The Morgan fingerprint density at radius 2 is 1.90 bits per heavy atom. The number of rotatable bonds is 9. The van der Waals surface area contributed by atoms with Crippen molar-refractivity contribution >= 4 is 5.97 Å². The summed E-state index contributed by atoms with van der Waals surface area (Å²) in [5.74, 6) is 0.740. The number of hydrogen-bond donors (Lipinski definition) is 0. The van der Waals surface area contributed by atoms with Crippen LogP contribution in [-0.4, -0.2) is 19.2 Å². The van der Waals surface area contributed by atoms with Crippen molar-refractivity contribution in [2.24, 2.45) is 0 Å². The van der Waals surface area contributed by atoms with Crippen LogP contribution < -0.4 is 4.74 Å². The fourth-order valence-corrected chi connectivity index (χ4v) is 1.90. The van der Waals surface area contributed by atoms with Gasteiger partial charge in [-0.2, -0.15) is 0 Å². The topological polar surface area (TPSA) is 35.5 Å². The van der Waals surface area contributed by atoms with Gasteiger partial charge >= 0.3 is 5.97 Å². The van der Waals surface area contributed by atoms with E-state index < -0.39 is 0 Å². The van der Waals surface area contributed by atoms with Crippen LogP contribution >= 0.6 is 0 Å². The average molecular weight is 290 g/mol. The van der Waals surface area contributed by atoms with E-state index in [0.717, 1.165) is 30.8 Å². The van der Waals surface area contributed by atoms with Gasteiger partial charge in [0.05, 0.1) is 13.2 Å².